The van der Waals surface area contributed by atoms with Crippen molar-refractivity contribution in [3.05, 3.63) is 59.7 Å². The molecule has 2 rings (SSSR count). The molecule has 0 saturated heterocycles. The van der Waals surface area contributed by atoms with Gasteiger partial charge in [-0.2, -0.15) is 0 Å². The van der Waals surface area contributed by atoms with Gasteiger partial charge in [-0.05, 0) is 48.2 Å². The summed E-state index contributed by atoms with van der Waals surface area (Å²) in [6.07, 6.45) is 0.875. The molecule has 4 heteroatoms. The molecule has 22 heavy (non-hydrogen) atoms. The van der Waals surface area contributed by atoms with Gasteiger partial charge in [-0.15, -0.1) is 0 Å². The molecule has 1 atom stereocenters. The first kappa shape index (κ1) is 15.9. The highest BCUT2D eigenvalue weighted by Gasteiger charge is 2.08. The number of anilines is 1. The molecule has 0 saturated carbocycles. The van der Waals surface area contributed by atoms with E-state index in [1.807, 2.05) is 12.1 Å². The lowest BCUT2D eigenvalue weighted by Crippen LogP contribution is -2.25. The van der Waals surface area contributed by atoms with Crippen LogP contribution in [-0.4, -0.2) is 19.6 Å². The number of benzene rings is 2. The van der Waals surface area contributed by atoms with Crippen LogP contribution in [0.5, 0.6) is 5.75 Å². The molecule has 0 aliphatic heterocycles. The normalized spacial score (nSPS) is 11.7. The number of hydrogen-bond donors (Lipinski definition) is 2. The molecule has 0 bridgehead atoms. The van der Waals surface area contributed by atoms with Crippen molar-refractivity contribution in [2.75, 3.05) is 19.4 Å². The third kappa shape index (κ3) is 4.25. The van der Waals surface area contributed by atoms with Crippen molar-refractivity contribution in [2.24, 2.45) is 0 Å². The van der Waals surface area contributed by atoms with Crippen molar-refractivity contribution in [3.63, 3.8) is 0 Å². The number of nitrogens with two attached hydrogens (primary N) is 1. The number of amides is 1. The number of nitrogens with one attached hydrogen (secondary N) is 1. The highest BCUT2D eigenvalue weighted by Crippen LogP contribution is 2.21. The Labute approximate surface area is 131 Å². The van der Waals surface area contributed by atoms with Crippen LogP contribution in [0.3, 0.4) is 0 Å². The van der Waals surface area contributed by atoms with E-state index in [0.29, 0.717) is 23.7 Å². The summed E-state index contributed by atoms with van der Waals surface area (Å²) in [6, 6.07) is 15.0. The summed E-state index contributed by atoms with van der Waals surface area (Å²) in [7, 11) is 1.66. The van der Waals surface area contributed by atoms with Gasteiger partial charge >= 0.3 is 0 Å². The quantitative estimate of drug-likeness (QED) is 0.805. The van der Waals surface area contributed by atoms with Crippen molar-refractivity contribution in [1.82, 2.24) is 5.32 Å². The average Bonchev–Trinajstić information content (AvgIpc) is 2.54. The monoisotopic (exact) mass is 298 g/mol. The number of hydrogen-bond acceptors (Lipinski definition) is 3. The second-order valence-electron chi connectivity index (χ2n) is 5.34. The Morgan fingerprint density at radius 3 is 2.59 bits per heavy atom. The summed E-state index contributed by atoms with van der Waals surface area (Å²) < 4.78 is 5.15. The first-order valence-electron chi connectivity index (χ1n) is 7.38. The molecular formula is C18H22N2O2. The summed E-state index contributed by atoms with van der Waals surface area (Å²) in [5.74, 6) is 1.13. The summed E-state index contributed by atoms with van der Waals surface area (Å²) >= 11 is 0. The molecule has 3 N–H and O–H groups in total. The molecular weight excluding hydrogens is 276 g/mol. The van der Waals surface area contributed by atoms with Gasteiger partial charge in [-0.3, -0.25) is 4.79 Å². The van der Waals surface area contributed by atoms with E-state index >= 15 is 0 Å². The molecule has 0 heterocycles. The number of rotatable bonds is 6. The predicted octanol–water partition coefficient (Wildman–Crippen LogP) is 3.20. The number of carbonyl (C=O) groups excluding carboxylic acids is 1. The van der Waals surface area contributed by atoms with E-state index in [-0.39, 0.29) is 5.91 Å². The van der Waals surface area contributed by atoms with Gasteiger partial charge in [0, 0.05) is 17.8 Å². The van der Waals surface area contributed by atoms with E-state index in [4.69, 9.17) is 10.5 Å². The largest absolute Gasteiger partial charge is 0.497 e. The van der Waals surface area contributed by atoms with Gasteiger partial charge < -0.3 is 15.8 Å². The fourth-order valence-electron chi connectivity index (χ4n) is 2.28. The minimum absolute atomic E-state index is 0.0887. The van der Waals surface area contributed by atoms with Crippen LogP contribution in [0.1, 0.15) is 35.2 Å². The fourth-order valence-corrected chi connectivity index (χ4v) is 2.28. The van der Waals surface area contributed by atoms with Crippen LogP contribution in [0.2, 0.25) is 0 Å². The van der Waals surface area contributed by atoms with Crippen LogP contribution in [0, 0.1) is 0 Å². The van der Waals surface area contributed by atoms with Gasteiger partial charge in [-0.25, -0.2) is 0 Å². The minimum atomic E-state index is -0.0887. The Balaban J connectivity index is 1.83. The third-order valence-corrected chi connectivity index (χ3v) is 3.70. The number of carbonyl (C=O) groups is 1. The van der Waals surface area contributed by atoms with E-state index in [0.717, 1.165) is 12.2 Å². The van der Waals surface area contributed by atoms with Crippen LogP contribution < -0.4 is 15.8 Å². The minimum Gasteiger partial charge on any atom is -0.497 e. The SMILES string of the molecule is COc1ccc(C(C)CCNC(=O)c2cccc(N)c2)cc1. The summed E-state index contributed by atoms with van der Waals surface area (Å²) in [5, 5.41) is 2.93. The van der Waals surface area contributed by atoms with Crippen molar-refractivity contribution in [1.29, 1.82) is 0 Å². The van der Waals surface area contributed by atoms with Crippen LogP contribution in [0.15, 0.2) is 48.5 Å². The van der Waals surface area contributed by atoms with Gasteiger partial charge in [-0.1, -0.05) is 25.1 Å². The van der Waals surface area contributed by atoms with Crippen LogP contribution in [-0.2, 0) is 0 Å². The van der Waals surface area contributed by atoms with Gasteiger partial charge in [0.05, 0.1) is 7.11 Å². The summed E-state index contributed by atoms with van der Waals surface area (Å²) in [5.41, 5.74) is 8.11. The molecule has 1 unspecified atom stereocenters. The highest BCUT2D eigenvalue weighted by molar-refractivity contribution is 5.94. The molecule has 1 amide bonds. The maximum absolute atomic E-state index is 12.0. The topological polar surface area (TPSA) is 64.3 Å². The smallest absolute Gasteiger partial charge is 0.251 e. The third-order valence-electron chi connectivity index (χ3n) is 3.70. The maximum Gasteiger partial charge on any atom is 0.251 e. The van der Waals surface area contributed by atoms with E-state index in [1.165, 1.54) is 5.56 Å². The average molecular weight is 298 g/mol. The molecule has 0 aliphatic rings. The molecule has 0 spiro atoms. The number of methoxy groups -OCH3 is 1. The zero-order chi connectivity index (χ0) is 15.9. The van der Waals surface area contributed by atoms with Crippen molar-refractivity contribution >= 4 is 11.6 Å². The lowest BCUT2D eigenvalue weighted by Gasteiger charge is -2.13. The Kier molecular flexibility index (Phi) is 5.42. The predicted molar refractivity (Wildman–Crippen MR) is 89.2 cm³/mol. The Morgan fingerprint density at radius 1 is 1.23 bits per heavy atom. The molecule has 2 aromatic carbocycles. The van der Waals surface area contributed by atoms with Gasteiger partial charge in [0.2, 0.25) is 0 Å². The molecule has 0 aromatic heterocycles. The molecule has 0 fully saturated rings. The van der Waals surface area contributed by atoms with Gasteiger partial charge in [0.15, 0.2) is 0 Å². The molecule has 4 nitrogen and oxygen atoms in total. The van der Waals surface area contributed by atoms with Gasteiger partial charge in [0.1, 0.15) is 5.75 Å². The Hall–Kier alpha value is -2.49. The second kappa shape index (κ2) is 7.50. The van der Waals surface area contributed by atoms with Crippen LogP contribution in [0.25, 0.3) is 0 Å². The lowest BCUT2D eigenvalue weighted by atomic mass is 9.98. The van der Waals surface area contributed by atoms with Crippen LogP contribution in [0.4, 0.5) is 5.69 Å². The van der Waals surface area contributed by atoms with E-state index < -0.39 is 0 Å². The molecule has 116 valence electrons. The number of ether oxygens (including phenoxy) is 1. The van der Waals surface area contributed by atoms with Crippen molar-refractivity contribution in [2.45, 2.75) is 19.3 Å². The summed E-state index contributed by atoms with van der Waals surface area (Å²) in [6.45, 7) is 2.77. The Bertz CT molecular complexity index is 623. The Morgan fingerprint density at radius 2 is 1.95 bits per heavy atom. The van der Waals surface area contributed by atoms with E-state index in [1.54, 1.807) is 31.4 Å². The zero-order valence-corrected chi connectivity index (χ0v) is 13.0. The fraction of sp³-hybridized carbons (Fsp3) is 0.278. The lowest BCUT2D eigenvalue weighted by molar-refractivity contribution is 0.0952. The van der Waals surface area contributed by atoms with Crippen molar-refractivity contribution < 1.29 is 9.53 Å². The highest BCUT2D eigenvalue weighted by atomic mass is 16.5. The number of nitrogen functional groups attached to an aromatic ring is 1. The standard InChI is InChI=1S/C18H22N2O2/c1-13(14-6-8-17(22-2)9-7-14)10-11-20-18(21)15-4-3-5-16(19)12-15/h3-9,12-13H,10-11,19H2,1-2H3,(H,20,21). The first-order chi connectivity index (χ1) is 10.6. The molecule has 0 aliphatic carbocycles. The zero-order valence-electron chi connectivity index (χ0n) is 13.0. The van der Waals surface area contributed by atoms with Gasteiger partial charge in [0.25, 0.3) is 5.91 Å². The van der Waals surface area contributed by atoms with E-state index in [2.05, 4.69) is 24.4 Å². The maximum atomic E-state index is 12.0. The second-order valence-corrected chi connectivity index (χ2v) is 5.34. The first-order valence-corrected chi connectivity index (χ1v) is 7.38. The van der Waals surface area contributed by atoms with Crippen LogP contribution >= 0.6 is 0 Å². The molecule has 2 aromatic rings. The summed E-state index contributed by atoms with van der Waals surface area (Å²) in [4.78, 5) is 12.0. The van der Waals surface area contributed by atoms with Crippen molar-refractivity contribution in [3.8, 4) is 5.75 Å². The molecule has 0 radical (unpaired) electrons. The van der Waals surface area contributed by atoms with E-state index in [9.17, 15) is 4.79 Å².